The fraction of sp³-hybridized carbons (Fsp3) is 0.842. The lowest BCUT2D eigenvalue weighted by Gasteiger charge is -2.03. The van der Waals surface area contributed by atoms with Gasteiger partial charge in [-0.1, -0.05) is 84.3 Å². The third-order valence-electron chi connectivity index (χ3n) is 3.69. The maximum Gasteiger partial charge on any atom is -0.0303 e. The van der Waals surface area contributed by atoms with Crippen LogP contribution in [0.25, 0.3) is 0 Å². The first kappa shape index (κ1) is 18.7. The Morgan fingerprint density at radius 3 is 1.63 bits per heavy atom. The number of rotatable bonds is 14. The molecule has 0 saturated carbocycles. The molecule has 1 radical (unpaired) electrons. The van der Waals surface area contributed by atoms with Crippen LogP contribution in [-0.2, 0) is 0 Å². The molecule has 0 spiro atoms. The lowest BCUT2D eigenvalue weighted by Crippen LogP contribution is -1.85. The van der Waals surface area contributed by atoms with E-state index >= 15 is 0 Å². The Labute approximate surface area is 123 Å². The first-order valence-corrected chi connectivity index (χ1v) is 8.71. The summed E-state index contributed by atoms with van der Waals surface area (Å²) in [5.74, 6) is 1.59. The zero-order valence-electron chi connectivity index (χ0n) is 13.8. The van der Waals surface area contributed by atoms with E-state index in [-0.39, 0.29) is 0 Å². The van der Waals surface area contributed by atoms with E-state index in [1.54, 1.807) is 5.92 Å². The molecule has 0 aliphatic carbocycles. The van der Waals surface area contributed by atoms with E-state index < -0.39 is 0 Å². The summed E-state index contributed by atoms with van der Waals surface area (Å²) in [4.78, 5) is 0. The zero-order chi connectivity index (χ0) is 14.2. The molecule has 0 aliphatic heterocycles. The normalized spacial score (nSPS) is 11.8. The molecule has 0 aliphatic rings. The highest BCUT2D eigenvalue weighted by atomic mass is 14.0. The summed E-state index contributed by atoms with van der Waals surface area (Å²) in [6.07, 6.45) is 22.8. The Morgan fingerprint density at radius 2 is 1.11 bits per heavy atom. The first-order valence-electron chi connectivity index (χ1n) is 8.71. The topological polar surface area (TPSA) is 0 Å². The van der Waals surface area contributed by atoms with Crippen LogP contribution < -0.4 is 0 Å². The lowest BCUT2D eigenvalue weighted by atomic mass is 10.0. The maximum absolute atomic E-state index is 2.40. The predicted molar refractivity (Wildman–Crippen MR) is 89.4 cm³/mol. The third-order valence-corrected chi connectivity index (χ3v) is 3.69. The average Bonchev–Trinajstić information content (AvgIpc) is 2.39. The summed E-state index contributed by atoms with van der Waals surface area (Å²) in [7, 11) is 0. The Hall–Kier alpha value is -0.260. The second kappa shape index (κ2) is 15.8. The fourth-order valence-corrected chi connectivity index (χ4v) is 2.37. The number of unbranched alkanes of at least 4 members (excludes halogenated alkanes) is 10. The molecule has 0 aromatic rings. The van der Waals surface area contributed by atoms with Crippen molar-refractivity contribution in [1.29, 1.82) is 0 Å². The maximum atomic E-state index is 2.40. The van der Waals surface area contributed by atoms with Gasteiger partial charge in [0.1, 0.15) is 0 Å². The highest BCUT2D eigenvalue weighted by Gasteiger charge is 1.94. The molecule has 0 heteroatoms. The number of allylic oxidation sites excluding steroid dienone is 2. The molecule has 0 aromatic carbocycles. The van der Waals surface area contributed by atoms with Gasteiger partial charge in [-0.05, 0) is 38.0 Å². The van der Waals surface area contributed by atoms with Crippen molar-refractivity contribution in [2.75, 3.05) is 0 Å². The van der Waals surface area contributed by atoms with Gasteiger partial charge in [0, 0.05) is 0 Å². The second-order valence-electron chi connectivity index (χ2n) is 6.19. The van der Waals surface area contributed by atoms with Crippen LogP contribution in [0.2, 0.25) is 0 Å². The molecule has 0 rings (SSSR count). The third kappa shape index (κ3) is 17.7. The van der Waals surface area contributed by atoms with Crippen LogP contribution in [0, 0.1) is 5.92 Å². The molecule has 0 unspecified atom stereocenters. The van der Waals surface area contributed by atoms with E-state index in [4.69, 9.17) is 0 Å². The highest BCUT2D eigenvalue weighted by molar-refractivity contribution is 4.81. The molecule has 19 heavy (non-hydrogen) atoms. The van der Waals surface area contributed by atoms with Crippen molar-refractivity contribution in [1.82, 2.24) is 0 Å². The van der Waals surface area contributed by atoms with E-state index in [0.29, 0.717) is 0 Å². The summed E-state index contributed by atoms with van der Waals surface area (Å²) in [5, 5.41) is 0. The molecule has 0 amide bonds. The van der Waals surface area contributed by atoms with Gasteiger partial charge in [-0.15, -0.1) is 0 Å². The lowest BCUT2D eigenvalue weighted by molar-refractivity contribution is 0.585. The van der Waals surface area contributed by atoms with Crippen LogP contribution in [0.15, 0.2) is 12.2 Å². The molecule has 0 saturated heterocycles. The highest BCUT2D eigenvalue weighted by Crippen LogP contribution is 2.13. The van der Waals surface area contributed by atoms with Crippen LogP contribution in [-0.4, -0.2) is 0 Å². The Kier molecular flexibility index (Phi) is 15.6. The first-order chi connectivity index (χ1) is 9.27. The van der Waals surface area contributed by atoms with Crippen molar-refractivity contribution in [3.05, 3.63) is 18.1 Å². The van der Waals surface area contributed by atoms with E-state index in [1.165, 1.54) is 83.5 Å². The molecular weight excluding hydrogens is 228 g/mol. The van der Waals surface area contributed by atoms with E-state index in [0.717, 1.165) is 0 Å². The van der Waals surface area contributed by atoms with Gasteiger partial charge in [0.05, 0.1) is 0 Å². The molecule has 0 atom stereocenters. The average molecular weight is 266 g/mol. The largest absolute Gasteiger partial charge is 0.0885 e. The minimum Gasteiger partial charge on any atom is -0.0885 e. The minimum atomic E-state index is 1.30. The fourth-order valence-electron chi connectivity index (χ4n) is 2.37. The monoisotopic (exact) mass is 265 g/mol. The van der Waals surface area contributed by atoms with Crippen molar-refractivity contribution < 1.29 is 0 Å². The van der Waals surface area contributed by atoms with Gasteiger partial charge in [-0.2, -0.15) is 0 Å². The Bertz CT molecular complexity index is 178. The molecule has 0 N–H and O–H groups in total. The summed E-state index contributed by atoms with van der Waals surface area (Å²) in [5.41, 5.74) is 0. The summed E-state index contributed by atoms with van der Waals surface area (Å²) < 4.78 is 0. The molecule has 0 bridgehead atoms. The van der Waals surface area contributed by atoms with Crippen molar-refractivity contribution in [2.45, 2.75) is 104 Å². The van der Waals surface area contributed by atoms with E-state index in [1.807, 2.05) is 0 Å². The van der Waals surface area contributed by atoms with Crippen LogP contribution in [0.3, 0.4) is 0 Å². The van der Waals surface area contributed by atoms with E-state index in [9.17, 15) is 0 Å². The summed E-state index contributed by atoms with van der Waals surface area (Å²) >= 11 is 0. The van der Waals surface area contributed by atoms with Crippen molar-refractivity contribution in [3.8, 4) is 0 Å². The van der Waals surface area contributed by atoms with Gasteiger partial charge >= 0.3 is 0 Å². The molecule has 0 heterocycles. The van der Waals surface area contributed by atoms with Crippen LogP contribution >= 0.6 is 0 Å². The molecule has 0 fully saturated rings. The van der Waals surface area contributed by atoms with Gasteiger partial charge in [-0.25, -0.2) is 0 Å². The summed E-state index contributed by atoms with van der Waals surface area (Å²) in [6.45, 7) is 6.76. The number of hydrogen-bond acceptors (Lipinski definition) is 0. The second-order valence-corrected chi connectivity index (χ2v) is 6.19. The minimum absolute atomic E-state index is 1.30. The van der Waals surface area contributed by atoms with Crippen LogP contribution in [0.1, 0.15) is 104 Å². The Balaban J connectivity index is 3.03. The van der Waals surface area contributed by atoms with Crippen molar-refractivity contribution in [2.24, 2.45) is 0 Å². The van der Waals surface area contributed by atoms with Crippen molar-refractivity contribution >= 4 is 0 Å². The van der Waals surface area contributed by atoms with Gasteiger partial charge < -0.3 is 0 Å². The van der Waals surface area contributed by atoms with Gasteiger partial charge in [0.15, 0.2) is 0 Å². The van der Waals surface area contributed by atoms with E-state index in [2.05, 4.69) is 32.9 Å². The van der Waals surface area contributed by atoms with Crippen LogP contribution in [0.4, 0.5) is 0 Å². The standard InChI is InChI=1S/C19H37/c1-4-5-6-7-8-9-10-11-12-13-14-15-16-17-18-19(2)3/h9-10H,4-8,11-18H2,1-3H3. The van der Waals surface area contributed by atoms with Gasteiger partial charge in [0.2, 0.25) is 0 Å². The summed E-state index contributed by atoms with van der Waals surface area (Å²) in [6, 6.07) is 0. The smallest absolute Gasteiger partial charge is 0.0303 e. The van der Waals surface area contributed by atoms with Crippen LogP contribution in [0.5, 0.6) is 0 Å². The predicted octanol–water partition coefficient (Wildman–Crippen LogP) is 7.25. The van der Waals surface area contributed by atoms with Crippen molar-refractivity contribution in [3.63, 3.8) is 0 Å². The van der Waals surface area contributed by atoms with Gasteiger partial charge in [-0.3, -0.25) is 0 Å². The zero-order valence-corrected chi connectivity index (χ0v) is 13.8. The molecule has 0 nitrogen and oxygen atoms in total. The molecule has 113 valence electrons. The molecular formula is C19H37. The Morgan fingerprint density at radius 1 is 0.632 bits per heavy atom. The SMILES string of the molecule is CCCCCCC=CCCCCCCCC[C](C)C. The molecule has 0 aromatic heterocycles. The number of hydrogen-bond donors (Lipinski definition) is 0. The quantitative estimate of drug-likeness (QED) is 0.229. The van der Waals surface area contributed by atoms with Gasteiger partial charge in [0.25, 0.3) is 0 Å².